The van der Waals surface area contributed by atoms with Crippen LogP contribution in [0.2, 0.25) is 0 Å². The molecule has 2 N–H and O–H groups in total. The van der Waals surface area contributed by atoms with Gasteiger partial charge in [-0.3, -0.25) is 9.59 Å². The van der Waals surface area contributed by atoms with Gasteiger partial charge in [0, 0.05) is 18.2 Å². The van der Waals surface area contributed by atoms with E-state index >= 15 is 0 Å². The van der Waals surface area contributed by atoms with Crippen LogP contribution in [0, 0.1) is 0 Å². The number of nitrogens with zero attached hydrogens (tertiary/aromatic N) is 1. The summed E-state index contributed by atoms with van der Waals surface area (Å²) in [7, 11) is 1.49. The Morgan fingerprint density at radius 2 is 1.76 bits per heavy atom. The molecule has 1 aliphatic carbocycles. The molecule has 6 heteroatoms. The molecule has 0 aromatic heterocycles. The van der Waals surface area contributed by atoms with Crippen molar-refractivity contribution >= 4 is 23.5 Å². The summed E-state index contributed by atoms with van der Waals surface area (Å²) in [6.07, 6.45) is 7.18. The topological polar surface area (TPSA) is 78.9 Å². The van der Waals surface area contributed by atoms with E-state index in [1.807, 2.05) is 54.6 Å². The highest BCUT2D eigenvalue weighted by Crippen LogP contribution is 2.39. The minimum atomic E-state index is -0.725. The smallest absolute Gasteiger partial charge is 0.255 e. The Bertz CT molecular complexity index is 1310. The molecule has 1 saturated carbocycles. The Morgan fingerprint density at radius 1 is 1.03 bits per heavy atom. The zero-order valence-corrected chi connectivity index (χ0v) is 21.0. The maximum absolute atomic E-state index is 14.1. The second kappa shape index (κ2) is 10.9. The van der Waals surface area contributed by atoms with Gasteiger partial charge in [0.05, 0.1) is 7.11 Å². The first-order valence-electron chi connectivity index (χ1n) is 12.9. The zero-order chi connectivity index (χ0) is 25.8. The summed E-state index contributed by atoms with van der Waals surface area (Å²) in [5, 5.41) is 13.3. The minimum absolute atomic E-state index is 0.0326. The molecule has 190 valence electrons. The number of benzene rings is 3. The van der Waals surface area contributed by atoms with E-state index in [4.69, 9.17) is 4.74 Å². The standard InChI is InChI=1S/C31H32N2O4/c1-37-28-19-22(16-17-27(28)34)18-26-24-14-8-9-15-25(24)29(30(35)32-23-12-6-3-7-13-23)33(31(26)36)20-21-10-4-2-5-11-21/h2,4-5,8-11,14-19,23,29,34H,3,6-7,12-13,20H2,1H3,(H,32,35)/b26-18+. The second-order valence-electron chi connectivity index (χ2n) is 9.74. The highest BCUT2D eigenvalue weighted by molar-refractivity contribution is 6.26. The molecule has 2 aliphatic rings. The number of ether oxygens (including phenoxy) is 1. The number of nitrogens with one attached hydrogen (secondary N) is 1. The molecule has 0 saturated heterocycles. The van der Waals surface area contributed by atoms with Gasteiger partial charge in [-0.1, -0.05) is 79.9 Å². The number of fused-ring (bicyclic) bond motifs is 1. The van der Waals surface area contributed by atoms with Gasteiger partial charge in [-0.25, -0.2) is 0 Å². The molecule has 1 unspecified atom stereocenters. The third kappa shape index (κ3) is 5.24. The predicted octanol–water partition coefficient (Wildman–Crippen LogP) is 5.47. The van der Waals surface area contributed by atoms with Gasteiger partial charge < -0.3 is 20.1 Å². The van der Waals surface area contributed by atoms with Crippen LogP contribution in [-0.4, -0.2) is 35.0 Å². The highest BCUT2D eigenvalue weighted by Gasteiger charge is 2.40. The molecule has 3 aromatic carbocycles. The molecule has 6 nitrogen and oxygen atoms in total. The maximum atomic E-state index is 14.1. The van der Waals surface area contributed by atoms with Crippen molar-refractivity contribution in [3.8, 4) is 11.5 Å². The maximum Gasteiger partial charge on any atom is 0.255 e. The lowest BCUT2D eigenvalue weighted by atomic mass is 9.86. The highest BCUT2D eigenvalue weighted by atomic mass is 16.5. The molecular formula is C31H32N2O4. The molecule has 0 radical (unpaired) electrons. The number of aromatic hydroxyl groups is 1. The second-order valence-corrected chi connectivity index (χ2v) is 9.74. The van der Waals surface area contributed by atoms with E-state index in [0.717, 1.165) is 47.9 Å². The van der Waals surface area contributed by atoms with E-state index in [-0.39, 0.29) is 23.6 Å². The third-order valence-corrected chi connectivity index (χ3v) is 7.26. The Labute approximate surface area is 217 Å². The SMILES string of the molecule is COc1cc(/C=C2/C(=O)N(Cc3ccccc3)C(C(=O)NC3CCCCC3)c3ccccc32)ccc1O. The first-order chi connectivity index (χ1) is 18.0. The molecule has 0 bridgehead atoms. The largest absolute Gasteiger partial charge is 0.504 e. The number of hydrogen-bond acceptors (Lipinski definition) is 4. The van der Waals surface area contributed by atoms with Gasteiger partial charge in [-0.2, -0.15) is 0 Å². The fourth-order valence-electron chi connectivity index (χ4n) is 5.38. The van der Waals surface area contributed by atoms with Crippen LogP contribution in [0.5, 0.6) is 11.5 Å². The number of phenols is 1. The lowest BCUT2D eigenvalue weighted by Gasteiger charge is -2.38. The lowest BCUT2D eigenvalue weighted by molar-refractivity contribution is -0.138. The van der Waals surface area contributed by atoms with Gasteiger partial charge in [0.1, 0.15) is 6.04 Å². The van der Waals surface area contributed by atoms with Crippen molar-refractivity contribution in [2.45, 2.75) is 50.7 Å². The van der Waals surface area contributed by atoms with Crippen molar-refractivity contribution in [3.63, 3.8) is 0 Å². The normalized spacial score (nSPS) is 18.9. The molecule has 1 heterocycles. The average Bonchev–Trinajstić information content (AvgIpc) is 2.93. The summed E-state index contributed by atoms with van der Waals surface area (Å²) in [5.41, 5.74) is 3.73. The summed E-state index contributed by atoms with van der Waals surface area (Å²) >= 11 is 0. The quantitative estimate of drug-likeness (QED) is 0.444. The average molecular weight is 497 g/mol. The zero-order valence-electron chi connectivity index (χ0n) is 21.0. The van der Waals surface area contributed by atoms with E-state index in [0.29, 0.717) is 17.9 Å². The minimum Gasteiger partial charge on any atom is -0.504 e. The number of rotatable bonds is 6. The van der Waals surface area contributed by atoms with E-state index in [9.17, 15) is 14.7 Å². The molecule has 2 amide bonds. The predicted molar refractivity (Wildman–Crippen MR) is 144 cm³/mol. The van der Waals surface area contributed by atoms with Gasteiger partial charge in [0.2, 0.25) is 5.91 Å². The van der Waals surface area contributed by atoms with Gasteiger partial charge in [0.15, 0.2) is 11.5 Å². The monoisotopic (exact) mass is 496 g/mol. The van der Waals surface area contributed by atoms with Crippen molar-refractivity contribution < 1.29 is 19.4 Å². The first kappa shape index (κ1) is 24.6. The van der Waals surface area contributed by atoms with Crippen LogP contribution in [0.4, 0.5) is 0 Å². The van der Waals surface area contributed by atoms with E-state index in [2.05, 4.69) is 5.32 Å². The van der Waals surface area contributed by atoms with E-state index in [1.54, 1.807) is 29.2 Å². The van der Waals surface area contributed by atoms with Crippen molar-refractivity contribution in [2.24, 2.45) is 0 Å². The number of amides is 2. The van der Waals surface area contributed by atoms with E-state index in [1.165, 1.54) is 13.5 Å². The Hall–Kier alpha value is -4.06. The molecule has 37 heavy (non-hydrogen) atoms. The van der Waals surface area contributed by atoms with Crippen LogP contribution in [0.15, 0.2) is 72.8 Å². The van der Waals surface area contributed by atoms with Crippen LogP contribution in [0.25, 0.3) is 11.6 Å². The van der Waals surface area contributed by atoms with E-state index < -0.39 is 6.04 Å². The molecule has 3 aromatic rings. The Kier molecular flexibility index (Phi) is 7.26. The van der Waals surface area contributed by atoms with Gasteiger partial charge >= 0.3 is 0 Å². The summed E-state index contributed by atoms with van der Waals surface area (Å²) in [5.74, 6) is 0.0225. The Balaban J connectivity index is 1.58. The summed E-state index contributed by atoms with van der Waals surface area (Å²) in [4.78, 5) is 29.6. The van der Waals surface area contributed by atoms with Crippen molar-refractivity contribution in [1.29, 1.82) is 0 Å². The van der Waals surface area contributed by atoms with Crippen molar-refractivity contribution in [2.75, 3.05) is 7.11 Å². The van der Waals surface area contributed by atoms with Crippen molar-refractivity contribution in [1.82, 2.24) is 10.2 Å². The molecular weight excluding hydrogens is 464 g/mol. The van der Waals surface area contributed by atoms with Crippen LogP contribution in [0.1, 0.15) is 60.4 Å². The molecule has 0 spiro atoms. The fourth-order valence-corrected chi connectivity index (χ4v) is 5.38. The van der Waals surface area contributed by atoms with Crippen LogP contribution < -0.4 is 10.1 Å². The fraction of sp³-hybridized carbons (Fsp3) is 0.290. The van der Waals surface area contributed by atoms with Crippen LogP contribution in [0.3, 0.4) is 0 Å². The molecule has 5 rings (SSSR count). The van der Waals surface area contributed by atoms with Crippen molar-refractivity contribution in [3.05, 3.63) is 95.1 Å². The summed E-state index contributed by atoms with van der Waals surface area (Å²) < 4.78 is 5.26. The van der Waals surface area contributed by atoms with Crippen LogP contribution in [-0.2, 0) is 16.1 Å². The number of carbonyl (C=O) groups excluding carboxylic acids is 2. The number of hydrogen-bond donors (Lipinski definition) is 2. The number of methoxy groups -OCH3 is 1. The van der Waals surface area contributed by atoms with Gasteiger partial charge in [-0.05, 0) is 53.3 Å². The number of carbonyl (C=O) groups is 2. The van der Waals surface area contributed by atoms with Gasteiger partial charge in [-0.15, -0.1) is 0 Å². The van der Waals surface area contributed by atoms with Gasteiger partial charge in [0.25, 0.3) is 5.91 Å². The lowest BCUT2D eigenvalue weighted by Crippen LogP contribution is -2.49. The summed E-state index contributed by atoms with van der Waals surface area (Å²) in [6.45, 7) is 0.312. The number of phenolic OH excluding ortho intramolecular Hbond substituents is 1. The molecule has 1 fully saturated rings. The Morgan fingerprint density at radius 3 is 2.51 bits per heavy atom. The summed E-state index contributed by atoms with van der Waals surface area (Å²) in [6, 6.07) is 21.8. The molecule has 1 atom stereocenters. The first-order valence-corrected chi connectivity index (χ1v) is 12.9. The van der Waals surface area contributed by atoms with Crippen LogP contribution >= 0.6 is 0 Å². The molecule has 1 aliphatic heterocycles. The third-order valence-electron chi connectivity index (χ3n) is 7.26.